The third kappa shape index (κ3) is 4.24. The fourth-order valence-corrected chi connectivity index (χ4v) is 2.77. The zero-order valence-corrected chi connectivity index (χ0v) is 15.1. The van der Waals surface area contributed by atoms with E-state index in [0.717, 1.165) is 37.4 Å². The Balaban J connectivity index is 2.22. The second-order valence-corrected chi connectivity index (χ2v) is 7.28. The highest BCUT2D eigenvalue weighted by atomic mass is 19.1. The lowest BCUT2D eigenvalue weighted by molar-refractivity contribution is -0.129. The predicted octanol–water partition coefficient (Wildman–Crippen LogP) is 1.74. The van der Waals surface area contributed by atoms with Crippen LogP contribution in [-0.4, -0.2) is 50.6 Å². The van der Waals surface area contributed by atoms with E-state index < -0.39 is 5.41 Å². The van der Waals surface area contributed by atoms with Gasteiger partial charge in [0.25, 0.3) is 0 Å². The predicted molar refractivity (Wildman–Crippen MR) is 95.5 cm³/mol. The number of nitrogens with one attached hydrogen (secondary N) is 1. The summed E-state index contributed by atoms with van der Waals surface area (Å²) in [4.78, 5) is 16.9. The Hall–Kier alpha value is -1.66. The van der Waals surface area contributed by atoms with Gasteiger partial charge in [-0.25, -0.2) is 4.39 Å². The summed E-state index contributed by atoms with van der Waals surface area (Å²) in [6.07, 6.45) is 0. The van der Waals surface area contributed by atoms with Crippen LogP contribution >= 0.6 is 0 Å². The quantitative estimate of drug-likeness (QED) is 0.860. The van der Waals surface area contributed by atoms with Crippen LogP contribution in [0.5, 0.6) is 0 Å². The molecule has 0 saturated carbocycles. The zero-order valence-electron chi connectivity index (χ0n) is 15.1. The molecule has 6 heteroatoms. The summed E-state index contributed by atoms with van der Waals surface area (Å²) in [5.74, 6) is -0.409. The van der Waals surface area contributed by atoms with Crippen LogP contribution in [-0.2, 0) is 4.79 Å². The first-order valence-corrected chi connectivity index (χ1v) is 8.48. The van der Waals surface area contributed by atoms with E-state index in [9.17, 15) is 9.18 Å². The number of halogens is 1. The maximum absolute atomic E-state index is 13.8. The minimum absolute atomic E-state index is 0.119. The van der Waals surface area contributed by atoms with Gasteiger partial charge < -0.3 is 20.9 Å². The molecule has 3 N–H and O–H groups in total. The minimum atomic E-state index is -0.643. The molecule has 1 fully saturated rings. The molecule has 1 aromatic rings. The molecular formula is C18H29FN4O. The monoisotopic (exact) mass is 336 g/mol. The molecule has 2 rings (SSSR count). The second kappa shape index (κ2) is 7.49. The number of piperazine rings is 1. The standard InChI is InChI=1S/C18H29FN4O/c1-13(21-17(24)18(2,3)12-20)15-11-14(19)5-6-16(15)23-9-7-22(4)8-10-23/h5-6,11,13H,7-10,12,20H2,1-4H3,(H,21,24). The maximum atomic E-state index is 13.8. The average Bonchev–Trinajstić information content (AvgIpc) is 2.55. The number of benzene rings is 1. The molecule has 1 heterocycles. The Bertz CT molecular complexity index is 582. The number of rotatable bonds is 5. The van der Waals surface area contributed by atoms with Crippen molar-refractivity contribution in [2.75, 3.05) is 44.7 Å². The van der Waals surface area contributed by atoms with Crippen molar-refractivity contribution in [1.82, 2.24) is 10.2 Å². The number of hydrogen-bond donors (Lipinski definition) is 2. The van der Waals surface area contributed by atoms with Crippen LogP contribution in [0.3, 0.4) is 0 Å². The Morgan fingerprint density at radius 3 is 2.54 bits per heavy atom. The molecule has 0 radical (unpaired) electrons. The highest BCUT2D eigenvalue weighted by Gasteiger charge is 2.28. The van der Waals surface area contributed by atoms with Crippen LogP contribution < -0.4 is 16.0 Å². The van der Waals surface area contributed by atoms with E-state index in [1.807, 2.05) is 26.8 Å². The van der Waals surface area contributed by atoms with Crippen molar-refractivity contribution in [3.05, 3.63) is 29.6 Å². The maximum Gasteiger partial charge on any atom is 0.227 e. The topological polar surface area (TPSA) is 61.6 Å². The number of nitrogens with two attached hydrogens (primary N) is 1. The van der Waals surface area contributed by atoms with Gasteiger partial charge in [0.2, 0.25) is 5.91 Å². The number of likely N-dealkylation sites (N-methyl/N-ethyl adjacent to an activating group) is 1. The number of hydrogen-bond acceptors (Lipinski definition) is 4. The molecule has 1 unspecified atom stereocenters. The Kier molecular flexibility index (Phi) is 5.83. The fourth-order valence-electron chi connectivity index (χ4n) is 2.77. The summed E-state index contributed by atoms with van der Waals surface area (Å²) in [5.41, 5.74) is 6.82. The third-order valence-electron chi connectivity index (χ3n) is 4.77. The summed E-state index contributed by atoms with van der Waals surface area (Å²) in [7, 11) is 2.10. The van der Waals surface area contributed by atoms with Crippen molar-refractivity contribution in [1.29, 1.82) is 0 Å². The summed E-state index contributed by atoms with van der Waals surface area (Å²) >= 11 is 0. The molecule has 0 bridgehead atoms. The lowest BCUT2D eigenvalue weighted by atomic mass is 9.91. The fraction of sp³-hybridized carbons (Fsp3) is 0.611. The van der Waals surface area contributed by atoms with Gasteiger partial charge >= 0.3 is 0 Å². The molecule has 134 valence electrons. The van der Waals surface area contributed by atoms with Gasteiger partial charge in [-0.2, -0.15) is 0 Å². The van der Waals surface area contributed by atoms with Crippen molar-refractivity contribution >= 4 is 11.6 Å². The average molecular weight is 336 g/mol. The molecule has 1 aliphatic rings. The molecule has 0 spiro atoms. The van der Waals surface area contributed by atoms with Crippen LogP contribution in [0.2, 0.25) is 0 Å². The van der Waals surface area contributed by atoms with Crippen LogP contribution in [0.15, 0.2) is 18.2 Å². The zero-order chi connectivity index (χ0) is 17.9. The molecule has 1 amide bonds. The largest absolute Gasteiger partial charge is 0.369 e. The Morgan fingerprint density at radius 2 is 1.96 bits per heavy atom. The highest BCUT2D eigenvalue weighted by molar-refractivity contribution is 5.82. The normalized spacial score (nSPS) is 17.7. The van der Waals surface area contributed by atoms with Gasteiger partial charge in [0.15, 0.2) is 0 Å². The Morgan fingerprint density at radius 1 is 1.33 bits per heavy atom. The number of nitrogens with zero attached hydrogens (tertiary/aromatic N) is 2. The van der Waals surface area contributed by atoms with Crippen molar-refractivity contribution in [3.63, 3.8) is 0 Å². The number of amides is 1. The summed E-state index contributed by atoms with van der Waals surface area (Å²) in [6, 6.07) is 4.53. The first-order chi connectivity index (χ1) is 11.2. The van der Waals surface area contributed by atoms with Gasteiger partial charge in [0.1, 0.15) is 5.82 Å². The van der Waals surface area contributed by atoms with E-state index in [4.69, 9.17) is 5.73 Å². The number of carbonyl (C=O) groups is 1. The number of anilines is 1. The summed E-state index contributed by atoms with van der Waals surface area (Å²) in [5, 5.41) is 2.98. The van der Waals surface area contributed by atoms with Crippen LogP contribution in [0.1, 0.15) is 32.4 Å². The lowest BCUT2D eigenvalue weighted by Gasteiger charge is -2.36. The van der Waals surface area contributed by atoms with Gasteiger partial charge in [-0.1, -0.05) is 0 Å². The van der Waals surface area contributed by atoms with Gasteiger partial charge in [0, 0.05) is 44.0 Å². The van der Waals surface area contributed by atoms with E-state index in [1.165, 1.54) is 12.1 Å². The van der Waals surface area contributed by atoms with E-state index in [2.05, 4.69) is 22.2 Å². The van der Waals surface area contributed by atoms with E-state index in [0.29, 0.717) is 0 Å². The first kappa shape index (κ1) is 18.7. The molecule has 1 aliphatic heterocycles. The second-order valence-electron chi connectivity index (χ2n) is 7.28. The van der Waals surface area contributed by atoms with Gasteiger partial charge in [-0.15, -0.1) is 0 Å². The SMILES string of the molecule is CC(NC(=O)C(C)(C)CN)c1cc(F)ccc1N1CCN(C)CC1. The number of carbonyl (C=O) groups excluding carboxylic acids is 1. The van der Waals surface area contributed by atoms with Crippen LogP contribution in [0, 0.1) is 11.2 Å². The van der Waals surface area contributed by atoms with Crippen LogP contribution in [0.25, 0.3) is 0 Å². The summed E-state index contributed by atoms with van der Waals surface area (Å²) < 4.78 is 13.8. The first-order valence-electron chi connectivity index (χ1n) is 8.48. The van der Waals surface area contributed by atoms with Gasteiger partial charge in [-0.05, 0) is 46.0 Å². The van der Waals surface area contributed by atoms with Crippen LogP contribution in [0.4, 0.5) is 10.1 Å². The highest BCUT2D eigenvalue weighted by Crippen LogP contribution is 2.29. The molecule has 1 saturated heterocycles. The minimum Gasteiger partial charge on any atom is -0.369 e. The molecule has 0 aromatic heterocycles. The molecule has 1 aromatic carbocycles. The van der Waals surface area contributed by atoms with E-state index in [1.54, 1.807) is 0 Å². The third-order valence-corrected chi connectivity index (χ3v) is 4.77. The van der Waals surface area contributed by atoms with Gasteiger partial charge in [-0.3, -0.25) is 4.79 Å². The van der Waals surface area contributed by atoms with E-state index in [-0.39, 0.29) is 24.3 Å². The smallest absolute Gasteiger partial charge is 0.227 e. The van der Waals surface area contributed by atoms with Crippen molar-refractivity contribution in [2.45, 2.75) is 26.8 Å². The molecule has 0 aliphatic carbocycles. The van der Waals surface area contributed by atoms with Crippen molar-refractivity contribution in [3.8, 4) is 0 Å². The van der Waals surface area contributed by atoms with Crippen molar-refractivity contribution in [2.24, 2.45) is 11.1 Å². The summed E-state index contributed by atoms with van der Waals surface area (Å²) in [6.45, 7) is 9.49. The van der Waals surface area contributed by atoms with E-state index >= 15 is 0 Å². The van der Waals surface area contributed by atoms with Gasteiger partial charge in [0.05, 0.1) is 11.5 Å². The lowest BCUT2D eigenvalue weighted by Crippen LogP contribution is -2.45. The molecule has 1 atom stereocenters. The van der Waals surface area contributed by atoms with Crippen molar-refractivity contribution < 1.29 is 9.18 Å². The molecule has 5 nitrogen and oxygen atoms in total. The molecule has 24 heavy (non-hydrogen) atoms. The molecular weight excluding hydrogens is 307 g/mol. The Labute approximate surface area is 144 Å².